The third-order valence-corrected chi connectivity index (χ3v) is 5.83. The van der Waals surface area contributed by atoms with Crippen LogP contribution in [0.15, 0.2) is 53.4 Å². The van der Waals surface area contributed by atoms with Gasteiger partial charge in [-0.25, -0.2) is 4.79 Å². The Hall–Kier alpha value is -3.00. The molecular formula is C22H24N2O5S. The van der Waals surface area contributed by atoms with Crippen molar-refractivity contribution in [3.63, 3.8) is 0 Å². The average Bonchev–Trinajstić information content (AvgIpc) is 3.25. The van der Waals surface area contributed by atoms with E-state index in [-0.39, 0.29) is 17.5 Å². The average molecular weight is 429 g/mol. The van der Waals surface area contributed by atoms with Crippen LogP contribution in [-0.4, -0.2) is 40.9 Å². The molecule has 0 aromatic heterocycles. The zero-order valence-corrected chi connectivity index (χ0v) is 17.5. The van der Waals surface area contributed by atoms with Gasteiger partial charge >= 0.3 is 5.97 Å². The molecule has 2 aromatic carbocycles. The maximum absolute atomic E-state index is 12.6. The van der Waals surface area contributed by atoms with Gasteiger partial charge < -0.3 is 15.4 Å². The first-order chi connectivity index (χ1) is 14.4. The van der Waals surface area contributed by atoms with Crippen LogP contribution in [0, 0.1) is 0 Å². The maximum Gasteiger partial charge on any atom is 0.338 e. The predicted molar refractivity (Wildman–Crippen MR) is 114 cm³/mol. The van der Waals surface area contributed by atoms with E-state index in [4.69, 9.17) is 4.74 Å². The minimum atomic E-state index is -1.14. The summed E-state index contributed by atoms with van der Waals surface area (Å²) in [4.78, 5) is 37.5. The normalized spacial score (nSPS) is 14.7. The van der Waals surface area contributed by atoms with Crippen molar-refractivity contribution in [2.75, 3.05) is 18.2 Å². The van der Waals surface area contributed by atoms with Crippen LogP contribution in [0.2, 0.25) is 0 Å². The molecular weight excluding hydrogens is 404 g/mol. The van der Waals surface area contributed by atoms with Crippen LogP contribution < -0.4 is 10.6 Å². The number of rotatable bonds is 7. The molecule has 0 radical (unpaired) electrons. The highest BCUT2D eigenvalue weighted by Crippen LogP contribution is 2.20. The van der Waals surface area contributed by atoms with Crippen LogP contribution >= 0.6 is 0 Å². The lowest BCUT2D eigenvalue weighted by molar-refractivity contribution is -0.119. The largest absolute Gasteiger partial charge is 0.452 e. The summed E-state index contributed by atoms with van der Waals surface area (Å²) >= 11 is 0. The molecule has 0 heterocycles. The highest BCUT2D eigenvalue weighted by atomic mass is 32.2. The third-order valence-electron chi connectivity index (χ3n) is 4.89. The SMILES string of the molecule is CS(=O)c1ccc(C(=O)OCC(=O)Nc2ccccc2C(=O)NC2CCCC2)cc1. The minimum Gasteiger partial charge on any atom is -0.452 e. The summed E-state index contributed by atoms with van der Waals surface area (Å²) in [6.07, 6.45) is 5.68. The first-order valence-electron chi connectivity index (χ1n) is 9.74. The van der Waals surface area contributed by atoms with E-state index in [1.165, 1.54) is 12.1 Å². The second kappa shape index (κ2) is 10.2. The fraction of sp³-hybridized carbons (Fsp3) is 0.318. The van der Waals surface area contributed by atoms with E-state index in [0.29, 0.717) is 16.1 Å². The van der Waals surface area contributed by atoms with E-state index in [0.717, 1.165) is 25.7 Å². The number of amides is 2. The summed E-state index contributed by atoms with van der Waals surface area (Å²) in [5.74, 6) is -1.44. The van der Waals surface area contributed by atoms with Gasteiger partial charge in [0.15, 0.2) is 6.61 Å². The lowest BCUT2D eigenvalue weighted by Crippen LogP contribution is -2.33. The summed E-state index contributed by atoms with van der Waals surface area (Å²) < 4.78 is 16.4. The van der Waals surface area contributed by atoms with Gasteiger partial charge in [0.25, 0.3) is 11.8 Å². The summed E-state index contributed by atoms with van der Waals surface area (Å²) in [6.45, 7) is -0.487. The molecule has 158 valence electrons. The lowest BCUT2D eigenvalue weighted by Gasteiger charge is -2.15. The fourth-order valence-corrected chi connectivity index (χ4v) is 3.83. The van der Waals surface area contributed by atoms with Crippen molar-refractivity contribution in [3.8, 4) is 0 Å². The Bertz CT molecular complexity index is 952. The molecule has 1 saturated carbocycles. The van der Waals surface area contributed by atoms with Gasteiger partial charge in [-0.2, -0.15) is 0 Å². The van der Waals surface area contributed by atoms with Crippen molar-refractivity contribution < 1.29 is 23.3 Å². The van der Waals surface area contributed by atoms with Gasteiger partial charge in [-0.1, -0.05) is 25.0 Å². The summed E-state index contributed by atoms with van der Waals surface area (Å²) in [5.41, 5.74) is 0.990. The van der Waals surface area contributed by atoms with E-state index in [9.17, 15) is 18.6 Å². The number of carbonyl (C=O) groups excluding carboxylic acids is 3. The van der Waals surface area contributed by atoms with Crippen molar-refractivity contribution in [1.82, 2.24) is 5.32 Å². The number of benzene rings is 2. The van der Waals surface area contributed by atoms with Crippen molar-refractivity contribution in [3.05, 3.63) is 59.7 Å². The van der Waals surface area contributed by atoms with Gasteiger partial charge in [0, 0.05) is 28.0 Å². The quantitative estimate of drug-likeness (QED) is 0.661. The summed E-state index contributed by atoms with van der Waals surface area (Å²) in [6, 6.07) is 13.0. The molecule has 0 spiro atoms. The van der Waals surface area contributed by atoms with Crippen LogP contribution in [0.3, 0.4) is 0 Å². The molecule has 8 heteroatoms. The van der Waals surface area contributed by atoms with Gasteiger partial charge in [-0.15, -0.1) is 0 Å². The number of para-hydroxylation sites is 1. The van der Waals surface area contributed by atoms with Gasteiger partial charge in [-0.05, 0) is 49.2 Å². The molecule has 0 bridgehead atoms. The van der Waals surface area contributed by atoms with Crippen LogP contribution in [0.5, 0.6) is 0 Å². The topological polar surface area (TPSA) is 102 Å². The van der Waals surface area contributed by atoms with Crippen LogP contribution in [0.4, 0.5) is 5.69 Å². The summed E-state index contributed by atoms with van der Waals surface area (Å²) in [7, 11) is -1.14. The highest BCUT2D eigenvalue weighted by molar-refractivity contribution is 7.84. The van der Waals surface area contributed by atoms with Crippen LogP contribution in [0.25, 0.3) is 0 Å². The van der Waals surface area contributed by atoms with Crippen molar-refractivity contribution in [1.29, 1.82) is 0 Å². The molecule has 1 atom stereocenters. The van der Waals surface area contributed by atoms with Gasteiger partial charge in [-0.3, -0.25) is 13.8 Å². The summed E-state index contributed by atoms with van der Waals surface area (Å²) in [5, 5.41) is 5.63. The Morgan fingerprint density at radius 2 is 1.70 bits per heavy atom. The smallest absolute Gasteiger partial charge is 0.338 e. The van der Waals surface area contributed by atoms with Crippen molar-refractivity contribution in [2.45, 2.75) is 36.6 Å². The van der Waals surface area contributed by atoms with E-state index >= 15 is 0 Å². The fourth-order valence-electron chi connectivity index (χ4n) is 3.31. The molecule has 2 N–H and O–H groups in total. The second-order valence-corrected chi connectivity index (χ2v) is 8.48. The molecule has 0 aliphatic heterocycles. The Balaban J connectivity index is 1.56. The predicted octanol–water partition coefficient (Wildman–Crippen LogP) is 2.89. The number of nitrogens with one attached hydrogen (secondary N) is 2. The van der Waals surface area contributed by atoms with Crippen LogP contribution in [-0.2, 0) is 20.3 Å². The standard InChI is InChI=1S/C22H24N2O5S/c1-30(28)17-12-10-15(11-13-17)22(27)29-14-20(25)24-19-9-5-4-8-18(19)21(26)23-16-6-2-3-7-16/h4-5,8-13,16H,2-3,6-7,14H2,1H3,(H,23,26)(H,24,25). The lowest BCUT2D eigenvalue weighted by atomic mass is 10.1. The zero-order valence-electron chi connectivity index (χ0n) is 16.7. The van der Waals surface area contributed by atoms with E-state index < -0.39 is 29.3 Å². The number of carbonyl (C=O) groups is 3. The van der Waals surface area contributed by atoms with Gasteiger partial charge in [0.2, 0.25) is 0 Å². The molecule has 0 saturated heterocycles. The third kappa shape index (κ3) is 5.76. The number of hydrogen-bond donors (Lipinski definition) is 2. The van der Waals surface area contributed by atoms with Gasteiger partial charge in [0.05, 0.1) is 16.8 Å². The number of esters is 1. The van der Waals surface area contributed by atoms with E-state index in [1.54, 1.807) is 42.7 Å². The Morgan fingerprint density at radius 1 is 1.03 bits per heavy atom. The first-order valence-corrected chi connectivity index (χ1v) is 11.3. The number of hydrogen-bond acceptors (Lipinski definition) is 5. The molecule has 2 amide bonds. The minimum absolute atomic E-state index is 0.165. The molecule has 7 nitrogen and oxygen atoms in total. The monoisotopic (exact) mass is 428 g/mol. The second-order valence-electron chi connectivity index (χ2n) is 7.10. The van der Waals surface area contributed by atoms with E-state index in [1.807, 2.05) is 0 Å². The molecule has 1 unspecified atom stereocenters. The van der Waals surface area contributed by atoms with Gasteiger partial charge in [0.1, 0.15) is 0 Å². The first kappa shape index (κ1) is 21.7. The van der Waals surface area contributed by atoms with Crippen molar-refractivity contribution >= 4 is 34.3 Å². The highest BCUT2D eigenvalue weighted by Gasteiger charge is 2.20. The number of anilines is 1. The molecule has 1 aliphatic rings. The Labute approximate surface area is 177 Å². The van der Waals surface area contributed by atoms with Crippen LogP contribution in [0.1, 0.15) is 46.4 Å². The number of ether oxygens (including phenoxy) is 1. The van der Waals surface area contributed by atoms with Crippen molar-refractivity contribution in [2.24, 2.45) is 0 Å². The Kier molecular flexibility index (Phi) is 7.35. The molecule has 3 rings (SSSR count). The molecule has 30 heavy (non-hydrogen) atoms. The molecule has 1 aliphatic carbocycles. The Morgan fingerprint density at radius 3 is 2.37 bits per heavy atom. The zero-order chi connectivity index (χ0) is 21.5. The molecule has 2 aromatic rings. The molecule has 1 fully saturated rings. The maximum atomic E-state index is 12.6. The van der Waals surface area contributed by atoms with E-state index in [2.05, 4.69) is 10.6 Å².